The molecule has 1 aliphatic rings. The van der Waals surface area contributed by atoms with Crippen molar-refractivity contribution in [1.82, 2.24) is 9.38 Å². The SMILES string of the molecule is C[C@@H](N)c1cc(C(=O)O)cn2c(=O)cc(N3CCOCC3)nc12. The second-order valence-electron chi connectivity index (χ2n) is 5.52. The number of rotatable bonds is 3. The Hall–Kier alpha value is -2.45. The first kappa shape index (κ1) is 15.4. The standard InChI is InChI=1S/C15H18N4O4/c1-9(16)11-6-10(15(21)22)8-19-13(20)7-12(17-14(11)19)18-2-4-23-5-3-18/h6-9H,2-5,16H2,1H3,(H,21,22)/t9-/m1/s1. The minimum atomic E-state index is -1.11. The first-order valence-electron chi connectivity index (χ1n) is 7.36. The monoisotopic (exact) mass is 318 g/mol. The molecule has 2 aromatic rings. The van der Waals surface area contributed by atoms with Gasteiger partial charge in [-0.15, -0.1) is 0 Å². The van der Waals surface area contributed by atoms with Crippen LogP contribution in [0.3, 0.4) is 0 Å². The van der Waals surface area contributed by atoms with Crippen LogP contribution in [-0.2, 0) is 4.74 Å². The predicted molar refractivity (Wildman–Crippen MR) is 84.1 cm³/mol. The van der Waals surface area contributed by atoms with E-state index in [0.717, 1.165) is 0 Å². The van der Waals surface area contributed by atoms with Gasteiger partial charge in [0.05, 0.1) is 18.8 Å². The van der Waals surface area contributed by atoms with Gasteiger partial charge in [-0.3, -0.25) is 9.20 Å². The van der Waals surface area contributed by atoms with E-state index in [1.807, 2.05) is 4.90 Å². The van der Waals surface area contributed by atoms with Gasteiger partial charge in [0.1, 0.15) is 11.5 Å². The Morgan fingerprint density at radius 2 is 2.09 bits per heavy atom. The second-order valence-corrected chi connectivity index (χ2v) is 5.52. The molecule has 0 bridgehead atoms. The third kappa shape index (κ3) is 2.90. The number of carbonyl (C=O) groups is 1. The Labute approximate surface area is 132 Å². The van der Waals surface area contributed by atoms with Crippen LogP contribution in [-0.4, -0.2) is 46.8 Å². The highest BCUT2D eigenvalue weighted by Crippen LogP contribution is 2.20. The van der Waals surface area contributed by atoms with Gasteiger partial charge >= 0.3 is 5.97 Å². The van der Waals surface area contributed by atoms with Crippen LogP contribution in [0.4, 0.5) is 5.82 Å². The molecule has 122 valence electrons. The summed E-state index contributed by atoms with van der Waals surface area (Å²) < 4.78 is 6.55. The van der Waals surface area contributed by atoms with Crippen LogP contribution >= 0.6 is 0 Å². The number of carboxylic acids is 1. The lowest BCUT2D eigenvalue weighted by molar-refractivity contribution is 0.0696. The number of hydrogen-bond donors (Lipinski definition) is 2. The quantitative estimate of drug-likeness (QED) is 0.834. The molecule has 1 saturated heterocycles. The molecule has 1 aliphatic heterocycles. The molecule has 0 radical (unpaired) electrons. The van der Waals surface area contributed by atoms with Gasteiger partial charge in [0.25, 0.3) is 5.56 Å². The molecule has 2 aromatic heterocycles. The third-order valence-corrected chi connectivity index (χ3v) is 3.85. The van der Waals surface area contributed by atoms with Gasteiger partial charge in [-0.25, -0.2) is 9.78 Å². The zero-order valence-corrected chi connectivity index (χ0v) is 12.7. The summed E-state index contributed by atoms with van der Waals surface area (Å²) in [4.78, 5) is 30.2. The van der Waals surface area contributed by atoms with Crippen LogP contribution in [0, 0.1) is 0 Å². The second kappa shape index (κ2) is 5.98. The van der Waals surface area contributed by atoms with E-state index in [0.29, 0.717) is 43.3 Å². The largest absolute Gasteiger partial charge is 0.478 e. The highest BCUT2D eigenvalue weighted by atomic mass is 16.5. The number of nitrogens with two attached hydrogens (primary N) is 1. The van der Waals surface area contributed by atoms with Crippen molar-refractivity contribution >= 4 is 17.4 Å². The van der Waals surface area contributed by atoms with Gasteiger partial charge in [-0.2, -0.15) is 0 Å². The first-order valence-corrected chi connectivity index (χ1v) is 7.36. The molecule has 0 aliphatic carbocycles. The van der Waals surface area contributed by atoms with Crippen LogP contribution in [0.25, 0.3) is 5.65 Å². The summed E-state index contributed by atoms with van der Waals surface area (Å²) in [5.41, 5.74) is 6.53. The fourth-order valence-electron chi connectivity index (χ4n) is 2.62. The zero-order valence-electron chi connectivity index (χ0n) is 12.7. The minimum absolute atomic E-state index is 0.00724. The van der Waals surface area contributed by atoms with E-state index in [-0.39, 0.29) is 11.1 Å². The highest BCUT2D eigenvalue weighted by Gasteiger charge is 2.18. The van der Waals surface area contributed by atoms with Crippen molar-refractivity contribution in [1.29, 1.82) is 0 Å². The molecular weight excluding hydrogens is 300 g/mol. The molecule has 0 aromatic carbocycles. The van der Waals surface area contributed by atoms with E-state index in [4.69, 9.17) is 10.5 Å². The smallest absolute Gasteiger partial charge is 0.337 e. The summed E-state index contributed by atoms with van der Waals surface area (Å²) in [6, 6.07) is 2.43. The third-order valence-electron chi connectivity index (χ3n) is 3.85. The number of nitrogens with zero attached hydrogens (tertiary/aromatic N) is 3. The topological polar surface area (TPSA) is 110 Å². The normalized spacial score (nSPS) is 16.5. The maximum absolute atomic E-state index is 12.4. The average molecular weight is 318 g/mol. The molecule has 8 heteroatoms. The van der Waals surface area contributed by atoms with Gasteiger partial charge in [0.15, 0.2) is 0 Å². The van der Waals surface area contributed by atoms with Crippen molar-refractivity contribution in [2.45, 2.75) is 13.0 Å². The molecule has 3 N–H and O–H groups in total. The van der Waals surface area contributed by atoms with Crippen molar-refractivity contribution < 1.29 is 14.6 Å². The van der Waals surface area contributed by atoms with Crippen LogP contribution in [0.15, 0.2) is 23.1 Å². The van der Waals surface area contributed by atoms with E-state index in [1.165, 1.54) is 22.7 Å². The van der Waals surface area contributed by atoms with Crippen molar-refractivity contribution in [2.75, 3.05) is 31.2 Å². The lowest BCUT2D eigenvalue weighted by atomic mass is 10.1. The zero-order chi connectivity index (χ0) is 16.6. The van der Waals surface area contributed by atoms with E-state index in [9.17, 15) is 14.7 Å². The van der Waals surface area contributed by atoms with E-state index in [1.54, 1.807) is 6.92 Å². The average Bonchev–Trinajstić information content (AvgIpc) is 2.54. The molecule has 1 atom stereocenters. The molecule has 8 nitrogen and oxygen atoms in total. The Morgan fingerprint density at radius 3 is 2.70 bits per heavy atom. The van der Waals surface area contributed by atoms with Gasteiger partial charge in [0, 0.05) is 37.0 Å². The fourth-order valence-corrected chi connectivity index (χ4v) is 2.62. The lowest BCUT2D eigenvalue weighted by Gasteiger charge is -2.28. The van der Waals surface area contributed by atoms with Crippen LogP contribution < -0.4 is 16.2 Å². The summed E-state index contributed by atoms with van der Waals surface area (Å²) in [5, 5.41) is 9.20. The van der Waals surface area contributed by atoms with Crippen LogP contribution in [0.2, 0.25) is 0 Å². The molecule has 0 amide bonds. The molecule has 3 heterocycles. The predicted octanol–water partition coefficient (Wildman–Crippen LogP) is 0.249. The Bertz CT molecular complexity index is 809. The Balaban J connectivity index is 2.22. The van der Waals surface area contributed by atoms with E-state index in [2.05, 4.69) is 4.98 Å². The van der Waals surface area contributed by atoms with Crippen LogP contribution in [0.1, 0.15) is 28.9 Å². The summed E-state index contributed by atoms with van der Waals surface area (Å²) in [6.07, 6.45) is 1.28. The number of pyridine rings is 1. The van der Waals surface area contributed by atoms with Crippen molar-refractivity contribution in [2.24, 2.45) is 5.73 Å². The first-order chi connectivity index (χ1) is 11.0. The van der Waals surface area contributed by atoms with E-state index < -0.39 is 12.0 Å². The maximum atomic E-state index is 12.4. The highest BCUT2D eigenvalue weighted by molar-refractivity contribution is 5.88. The molecule has 1 fully saturated rings. The minimum Gasteiger partial charge on any atom is -0.478 e. The number of aromatic nitrogens is 2. The maximum Gasteiger partial charge on any atom is 0.337 e. The number of fused-ring (bicyclic) bond motifs is 1. The number of aromatic carboxylic acids is 1. The summed E-state index contributed by atoms with van der Waals surface area (Å²) in [5.74, 6) is -0.554. The molecule has 0 unspecified atom stereocenters. The number of morpholine rings is 1. The van der Waals surface area contributed by atoms with E-state index >= 15 is 0 Å². The molecule has 0 spiro atoms. The lowest BCUT2D eigenvalue weighted by Crippen LogP contribution is -2.37. The van der Waals surface area contributed by atoms with Crippen LogP contribution in [0.5, 0.6) is 0 Å². The van der Waals surface area contributed by atoms with Gasteiger partial charge < -0.3 is 20.5 Å². The molecule has 3 rings (SSSR count). The van der Waals surface area contributed by atoms with Crippen molar-refractivity contribution in [3.63, 3.8) is 0 Å². The van der Waals surface area contributed by atoms with Crippen molar-refractivity contribution in [3.05, 3.63) is 39.8 Å². The number of anilines is 1. The van der Waals surface area contributed by atoms with Crippen molar-refractivity contribution in [3.8, 4) is 0 Å². The number of hydrogen-bond acceptors (Lipinski definition) is 6. The van der Waals surface area contributed by atoms with Gasteiger partial charge in [-0.1, -0.05) is 0 Å². The molecule has 23 heavy (non-hydrogen) atoms. The Morgan fingerprint density at radius 1 is 1.39 bits per heavy atom. The van der Waals surface area contributed by atoms with Gasteiger partial charge in [0.2, 0.25) is 0 Å². The molecule has 0 saturated carbocycles. The summed E-state index contributed by atoms with van der Waals surface area (Å²) in [6.45, 7) is 4.21. The summed E-state index contributed by atoms with van der Waals surface area (Å²) in [7, 11) is 0. The molecular formula is C15H18N4O4. The number of carboxylic acid groups (broad SMARTS) is 1. The van der Waals surface area contributed by atoms with Gasteiger partial charge in [-0.05, 0) is 13.0 Å². The fraction of sp³-hybridized carbons (Fsp3) is 0.400. The number of ether oxygens (including phenoxy) is 1. The Kier molecular flexibility index (Phi) is 4.01. The summed E-state index contributed by atoms with van der Waals surface area (Å²) >= 11 is 0.